The lowest BCUT2D eigenvalue weighted by molar-refractivity contribution is -0.00370. The van der Waals surface area contributed by atoms with Crippen molar-refractivity contribution in [2.75, 3.05) is 6.61 Å². The molecule has 2 aromatic heterocycles. The third kappa shape index (κ3) is 1.76. The third-order valence-corrected chi connectivity index (χ3v) is 3.73. The van der Waals surface area contributed by atoms with Crippen LogP contribution in [0.3, 0.4) is 0 Å². The number of H-pyrrole nitrogens is 1. The zero-order valence-corrected chi connectivity index (χ0v) is 9.97. The molecule has 8 nitrogen and oxygen atoms in total. The van der Waals surface area contributed by atoms with Crippen LogP contribution >= 0.6 is 0 Å². The van der Waals surface area contributed by atoms with Gasteiger partial charge in [0.05, 0.1) is 24.8 Å². The van der Waals surface area contributed by atoms with Crippen LogP contribution < -0.4 is 5.56 Å². The van der Waals surface area contributed by atoms with E-state index in [9.17, 15) is 15.0 Å². The van der Waals surface area contributed by atoms with Crippen molar-refractivity contribution in [2.45, 2.75) is 24.7 Å². The molecule has 3 rings (SSSR count). The van der Waals surface area contributed by atoms with E-state index in [1.165, 1.54) is 12.7 Å². The van der Waals surface area contributed by atoms with Crippen LogP contribution in [0.2, 0.25) is 0 Å². The lowest BCUT2D eigenvalue weighted by atomic mass is 10.1. The van der Waals surface area contributed by atoms with E-state index in [4.69, 9.17) is 5.11 Å². The summed E-state index contributed by atoms with van der Waals surface area (Å²) in [5.41, 5.74) is 0.200. The number of imidazole rings is 1. The predicted molar refractivity (Wildman–Crippen MR) is 64.4 cm³/mol. The molecule has 1 saturated carbocycles. The molecular weight excluding hydrogens is 252 g/mol. The molecule has 0 aliphatic heterocycles. The molecule has 8 heteroatoms. The van der Waals surface area contributed by atoms with Gasteiger partial charge in [0.25, 0.3) is 5.56 Å². The number of aliphatic hydroxyl groups excluding tert-OH is 3. The second-order valence-electron chi connectivity index (χ2n) is 4.78. The molecule has 0 amide bonds. The summed E-state index contributed by atoms with van der Waals surface area (Å²) in [7, 11) is 0. The number of hydrogen-bond acceptors (Lipinski definition) is 6. The zero-order chi connectivity index (χ0) is 13.6. The second-order valence-corrected chi connectivity index (χ2v) is 4.78. The Morgan fingerprint density at radius 2 is 2.16 bits per heavy atom. The summed E-state index contributed by atoms with van der Waals surface area (Å²) in [5, 5.41) is 29.0. The fourth-order valence-corrected chi connectivity index (χ4v) is 2.66. The Morgan fingerprint density at radius 3 is 2.84 bits per heavy atom. The molecule has 2 heterocycles. The fourth-order valence-electron chi connectivity index (χ4n) is 2.66. The Morgan fingerprint density at radius 1 is 1.37 bits per heavy atom. The van der Waals surface area contributed by atoms with Gasteiger partial charge in [0.2, 0.25) is 0 Å². The van der Waals surface area contributed by atoms with Gasteiger partial charge in [-0.05, 0) is 6.42 Å². The van der Waals surface area contributed by atoms with Gasteiger partial charge in [-0.1, -0.05) is 0 Å². The van der Waals surface area contributed by atoms with Crippen LogP contribution in [-0.4, -0.2) is 53.7 Å². The topological polar surface area (TPSA) is 124 Å². The molecule has 0 spiro atoms. The third-order valence-electron chi connectivity index (χ3n) is 3.73. The van der Waals surface area contributed by atoms with Gasteiger partial charge in [0.15, 0.2) is 11.2 Å². The Balaban J connectivity index is 2.06. The number of aliphatic hydroxyl groups is 3. The Hall–Kier alpha value is -1.77. The van der Waals surface area contributed by atoms with Gasteiger partial charge in [0.1, 0.15) is 6.10 Å². The van der Waals surface area contributed by atoms with Crippen molar-refractivity contribution < 1.29 is 15.3 Å². The van der Waals surface area contributed by atoms with Gasteiger partial charge in [-0.3, -0.25) is 4.79 Å². The molecule has 1 aliphatic carbocycles. The van der Waals surface area contributed by atoms with Crippen LogP contribution in [0, 0.1) is 5.92 Å². The maximum atomic E-state index is 11.6. The molecule has 2 aromatic rings. The number of rotatable bonds is 2. The van der Waals surface area contributed by atoms with Crippen LogP contribution in [0.1, 0.15) is 12.5 Å². The standard InChI is InChI=1S/C11H14N4O4/c16-2-5-1-6(9(18)8(5)17)15-4-14-7-10(15)12-3-13-11(7)19/h3-6,8-9,16-18H,1-2H2,(H,12,13,19)/t5-,6?,8-,9+/m1/s1. The largest absolute Gasteiger partial charge is 0.396 e. The van der Waals surface area contributed by atoms with Crippen molar-refractivity contribution in [3.63, 3.8) is 0 Å². The number of aromatic nitrogens is 4. The summed E-state index contributed by atoms with van der Waals surface area (Å²) in [6.45, 7) is -0.199. The highest BCUT2D eigenvalue weighted by Gasteiger charge is 2.42. The average Bonchev–Trinajstić information content (AvgIpc) is 2.94. The minimum absolute atomic E-state index is 0.191. The number of nitrogens with zero attached hydrogens (tertiary/aromatic N) is 3. The van der Waals surface area contributed by atoms with Gasteiger partial charge < -0.3 is 24.9 Å². The summed E-state index contributed by atoms with van der Waals surface area (Å²) < 4.78 is 1.58. The van der Waals surface area contributed by atoms with E-state index in [0.29, 0.717) is 12.1 Å². The maximum Gasteiger partial charge on any atom is 0.278 e. The lowest BCUT2D eigenvalue weighted by Crippen LogP contribution is -2.30. The number of aromatic amines is 1. The van der Waals surface area contributed by atoms with E-state index < -0.39 is 18.2 Å². The summed E-state index contributed by atoms with van der Waals surface area (Å²) in [6, 6.07) is -0.452. The summed E-state index contributed by atoms with van der Waals surface area (Å²) in [5.74, 6) is -0.389. The summed E-state index contributed by atoms with van der Waals surface area (Å²) >= 11 is 0. The maximum absolute atomic E-state index is 11.6. The van der Waals surface area contributed by atoms with E-state index in [1.54, 1.807) is 4.57 Å². The van der Waals surface area contributed by atoms with Gasteiger partial charge in [-0.15, -0.1) is 0 Å². The Kier molecular flexibility index (Phi) is 2.85. The van der Waals surface area contributed by atoms with Gasteiger partial charge in [0, 0.05) is 12.5 Å². The molecule has 0 bridgehead atoms. The highest BCUT2D eigenvalue weighted by Crippen LogP contribution is 2.36. The monoisotopic (exact) mass is 266 g/mol. The molecule has 0 radical (unpaired) electrons. The van der Waals surface area contributed by atoms with Crippen LogP contribution in [0.25, 0.3) is 11.2 Å². The van der Waals surface area contributed by atoms with E-state index >= 15 is 0 Å². The molecule has 1 unspecified atom stereocenters. The van der Waals surface area contributed by atoms with E-state index in [1.807, 2.05) is 0 Å². The van der Waals surface area contributed by atoms with E-state index in [0.717, 1.165) is 0 Å². The minimum Gasteiger partial charge on any atom is -0.396 e. The molecule has 19 heavy (non-hydrogen) atoms. The van der Waals surface area contributed by atoms with E-state index in [2.05, 4.69) is 15.0 Å². The number of hydrogen-bond donors (Lipinski definition) is 4. The van der Waals surface area contributed by atoms with Crippen molar-refractivity contribution in [3.05, 3.63) is 23.0 Å². The summed E-state index contributed by atoms with van der Waals surface area (Å²) in [6.07, 6.45) is 1.08. The molecule has 1 fully saturated rings. The zero-order valence-electron chi connectivity index (χ0n) is 9.97. The first-order valence-corrected chi connectivity index (χ1v) is 6.00. The highest BCUT2D eigenvalue weighted by molar-refractivity contribution is 5.69. The molecule has 0 aromatic carbocycles. The van der Waals surface area contributed by atoms with Crippen molar-refractivity contribution in [3.8, 4) is 0 Å². The quantitative estimate of drug-likeness (QED) is 0.518. The van der Waals surface area contributed by atoms with Crippen molar-refractivity contribution in [1.29, 1.82) is 0 Å². The van der Waals surface area contributed by atoms with Crippen molar-refractivity contribution in [2.24, 2.45) is 5.92 Å². The first-order chi connectivity index (χ1) is 9.13. The van der Waals surface area contributed by atoms with Crippen molar-refractivity contribution >= 4 is 11.2 Å². The van der Waals surface area contributed by atoms with E-state index in [-0.39, 0.29) is 23.6 Å². The Labute approximate surface area is 107 Å². The first-order valence-electron chi connectivity index (χ1n) is 6.00. The predicted octanol–water partition coefficient (Wildman–Crippen LogP) is -1.61. The van der Waals surface area contributed by atoms with Crippen LogP contribution in [0.5, 0.6) is 0 Å². The smallest absolute Gasteiger partial charge is 0.278 e. The molecule has 102 valence electrons. The van der Waals surface area contributed by atoms with Crippen LogP contribution in [0.15, 0.2) is 17.4 Å². The second kappa shape index (κ2) is 4.41. The highest BCUT2D eigenvalue weighted by atomic mass is 16.3. The minimum atomic E-state index is -1.02. The number of fused-ring (bicyclic) bond motifs is 1. The number of nitrogens with one attached hydrogen (secondary N) is 1. The first kappa shape index (κ1) is 12.3. The molecular formula is C11H14N4O4. The van der Waals surface area contributed by atoms with Crippen molar-refractivity contribution in [1.82, 2.24) is 19.5 Å². The fraction of sp³-hybridized carbons (Fsp3) is 0.545. The Bertz CT molecular complexity index is 651. The van der Waals surface area contributed by atoms with Gasteiger partial charge in [-0.2, -0.15) is 0 Å². The molecule has 0 saturated heterocycles. The molecule has 1 aliphatic rings. The van der Waals surface area contributed by atoms with Gasteiger partial charge in [-0.25, -0.2) is 9.97 Å². The normalized spacial score (nSPS) is 31.1. The average molecular weight is 266 g/mol. The van der Waals surface area contributed by atoms with Crippen LogP contribution in [0.4, 0.5) is 0 Å². The SMILES string of the molecule is O=c1[nH]cnc2c1ncn2C1C[C@H](CO)[C@@H](O)[C@H]1O. The molecule has 4 atom stereocenters. The summed E-state index contributed by atoms with van der Waals surface area (Å²) in [4.78, 5) is 22.0. The lowest BCUT2D eigenvalue weighted by Gasteiger charge is -2.17. The molecule has 4 N–H and O–H groups in total. The van der Waals surface area contributed by atoms with Gasteiger partial charge >= 0.3 is 0 Å². The van der Waals surface area contributed by atoms with Crippen LogP contribution in [-0.2, 0) is 0 Å².